The first-order valence-corrected chi connectivity index (χ1v) is 7.76. The van der Waals surface area contributed by atoms with Crippen molar-refractivity contribution in [3.63, 3.8) is 0 Å². The predicted octanol–water partition coefficient (Wildman–Crippen LogP) is 0.522. The number of aliphatic hydroxyl groups is 3. The summed E-state index contributed by atoms with van der Waals surface area (Å²) in [6.45, 7) is 4.08. The monoisotopic (exact) mass is 358 g/mol. The van der Waals surface area contributed by atoms with E-state index in [4.69, 9.17) is 25.2 Å². The molecule has 0 aliphatic carbocycles. The Labute approximate surface area is 146 Å². The second-order valence-electron chi connectivity index (χ2n) is 5.57. The average Bonchev–Trinajstić information content (AvgIpc) is 2.59. The molecule has 1 aromatic carbocycles. The van der Waals surface area contributed by atoms with Gasteiger partial charge in [0.1, 0.15) is 5.75 Å². The number of rotatable bonds is 8. The third-order valence-corrected chi connectivity index (χ3v) is 3.57. The zero-order valence-electron chi connectivity index (χ0n) is 14.5. The van der Waals surface area contributed by atoms with E-state index in [0.29, 0.717) is 5.92 Å². The van der Waals surface area contributed by atoms with Gasteiger partial charge in [0, 0.05) is 0 Å². The highest BCUT2D eigenvalue weighted by atomic mass is 16.5. The van der Waals surface area contributed by atoms with Gasteiger partial charge >= 0.3 is 11.9 Å². The van der Waals surface area contributed by atoms with Crippen LogP contribution in [0, 0.1) is 5.92 Å². The van der Waals surface area contributed by atoms with Gasteiger partial charge in [-0.2, -0.15) is 0 Å². The van der Waals surface area contributed by atoms with E-state index in [0.717, 1.165) is 18.6 Å². The Morgan fingerprint density at radius 2 is 1.60 bits per heavy atom. The van der Waals surface area contributed by atoms with Gasteiger partial charge in [-0.3, -0.25) is 0 Å². The maximum absolute atomic E-state index is 9.77. The summed E-state index contributed by atoms with van der Waals surface area (Å²) < 4.78 is 5.16. The molecule has 0 spiro atoms. The summed E-state index contributed by atoms with van der Waals surface area (Å²) in [4.78, 5) is 19.5. The molecular formula is C17H26O8. The molecule has 8 nitrogen and oxygen atoms in total. The third-order valence-electron chi connectivity index (χ3n) is 3.57. The highest BCUT2D eigenvalue weighted by Crippen LogP contribution is 2.18. The van der Waals surface area contributed by atoms with Crippen molar-refractivity contribution in [2.24, 2.45) is 5.92 Å². The topological polar surface area (TPSA) is 145 Å². The second-order valence-corrected chi connectivity index (χ2v) is 5.57. The van der Waals surface area contributed by atoms with E-state index in [1.54, 1.807) is 7.11 Å². The van der Waals surface area contributed by atoms with Crippen molar-refractivity contribution in [2.45, 2.75) is 45.0 Å². The first-order valence-electron chi connectivity index (χ1n) is 7.76. The number of carboxylic acid groups (broad SMARTS) is 2. The number of methoxy groups -OCH3 is 1. The van der Waals surface area contributed by atoms with Gasteiger partial charge in [-0.15, -0.1) is 0 Å². The molecule has 0 aliphatic heterocycles. The molecule has 0 heterocycles. The first kappa shape index (κ1) is 22.8. The summed E-state index contributed by atoms with van der Waals surface area (Å²) in [5.74, 6) is -2.36. The maximum Gasteiger partial charge on any atom is 0.335 e. The third kappa shape index (κ3) is 8.48. The molecule has 25 heavy (non-hydrogen) atoms. The van der Waals surface area contributed by atoms with E-state index in [-0.39, 0.29) is 6.10 Å². The molecule has 0 saturated heterocycles. The molecular weight excluding hydrogens is 332 g/mol. The molecule has 0 bridgehead atoms. The van der Waals surface area contributed by atoms with Gasteiger partial charge in [0.15, 0.2) is 12.2 Å². The van der Waals surface area contributed by atoms with Crippen molar-refractivity contribution < 1.29 is 39.9 Å². The minimum Gasteiger partial charge on any atom is -0.497 e. The normalized spacial score (nSPS) is 15.1. The van der Waals surface area contributed by atoms with Crippen LogP contribution in [-0.2, 0) is 16.0 Å². The van der Waals surface area contributed by atoms with E-state index >= 15 is 0 Å². The molecule has 8 heteroatoms. The molecule has 0 aromatic heterocycles. The number of aliphatic carboxylic acids is 2. The van der Waals surface area contributed by atoms with Gasteiger partial charge in [-0.05, 0) is 36.5 Å². The van der Waals surface area contributed by atoms with Gasteiger partial charge in [-0.1, -0.05) is 26.0 Å². The molecule has 4 atom stereocenters. The Balaban J connectivity index is 0.000000504. The van der Waals surface area contributed by atoms with Crippen LogP contribution in [0.4, 0.5) is 0 Å². The quantitative estimate of drug-likeness (QED) is 0.452. The van der Waals surface area contributed by atoms with Gasteiger partial charge in [0.2, 0.25) is 0 Å². The maximum atomic E-state index is 9.77. The number of hydrogen-bond donors (Lipinski definition) is 5. The van der Waals surface area contributed by atoms with Gasteiger partial charge in [0.25, 0.3) is 0 Å². The van der Waals surface area contributed by atoms with Gasteiger partial charge in [-0.25, -0.2) is 9.59 Å². The fraction of sp³-hybridized carbons (Fsp3) is 0.529. The van der Waals surface area contributed by atoms with Crippen LogP contribution in [0.5, 0.6) is 5.75 Å². The number of carbonyl (C=O) groups is 2. The van der Waals surface area contributed by atoms with Crippen LogP contribution in [0.2, 0.25) is 0 Å². The molecule has 142 valence electrons. The van der Waals surface area contributed by atoms with Crippen molar-refractivity contribution in [3.05, 3.63) is 29.8 Å². The number of carboxylic acids is 2. The molecule has 0 aliphatic rings. The summed E-state index contributed by atoms with van der Waals surface area (Å²) in [6, 6.07) is 8.02. The SMILES string of the molecule is CCC(O)C(C)Cc1cccc(OC)c1.O=C(O)C(O)C(O)C(=O)O. The highest BCUT2D eigenvalue weighted by molar-refractivity contribution is 5.83. The van der Waals surface area contributed by atoms with E-state index in [1.807, 2.05) is 25.1 Å². The first-order chi connectivity index (χ1) is 11.6. The fourth-order valence-electron chi connectivity index (χ4n) is 1.98. The number of ether oxygens (including phenoxy) is 1. The second kappa shape index (κ2) is 11.4. The van der Waals surface area contributed by atoms with Crippen molar-refractivity contribution in [2.75, 3.05) is 7.11 Å². The number of hydrogen-bond acceptors (Lipinski definition) is 6. The zero-order chi connectivity index (χ0) is 19.6. The van der Waals surface area contributed by atoms with E-state index in [2.05, 4.69) is 13.0 Å². The van der Waals surface area contributed by atoms with Crippen molar-refractivity contribution in [1.82, 2.24) is 0 Å². The minimum absolute atomic E-state index is 0.212. The van der Waals surface area contributed by atoms with Gasteiger partial charge < -0.3 is 30.3 Å². The summed E-state index contributed by atoms with van der Waals surface area (Å²) in [5, 5.41) is 42.2. The lowest BCUT2D eigenvalue weighted by molar-refractivity contribution is -0.165. The van der Waals surface area contributed by atoms with Crippen LogP contribution >= 0.6 is 0 Å². The Morgan fingerprint density at radius 1 is 1.08 bits per heavy atom. The summed E-state index contributed by atoms with van der Waals surface area (Å²) in [6.07, 6.45) is -3.04. The van der Waals surface area contributed by atoms with E-state index < -0.39 is 24.1 Å². The van der Waals surface area contributed by atoms with Crippen molar-refractivity contribution in [3.8, 4) is 5.75 Å². The van der Waals surface area contributed by atoms with Crippen LogP contribution in [0.25, 0.3) is 0 Å². The summed E-state index contributed by atoms with van der Waals surface area (Å²) >= 11 is 0. The molecule has 4 unspecified atom stereocenters. The molecule has 5 N–H and O–H groups in total. The number of aliphatic hydroxyl groups excluding tert-OH is 3. The molecule has 0 fully saturated rings. The lowest BCUT2D eigenvalue weighted by atomic mass is 9.94. The van der Waals surface area contributed by atoms with Crippen LogP contribution in [0.3, 0.4) is 0 Å². The van der Waals surface area contributed by atoms with E-state index in [9.17, 15) is 14.7 Å². The van der Waals surface area contributed by atoms with Crippen LogP contribution in [-0.4, -0.2) is 62.9 Å². The lowest BCUT2D eigenvalue weighted by Gasteiger charge is -2.17. The van der Waals surface area contributed by atoms with Crippen LogP contribution in [0.1, 0.15) is 25.8 Å². The Bertz CT molecular complexity index is 527. The van der Waals surface area contributed by atoms with Crippen molar-refractivity contribution in [1.29, 1.82) is 0 Å². The molecule has 1 rings (SSSR count). The smallest absolute Gasteiger partial charge is 0.335 e. The Kier molecular flexibility index (Phi) is 10.4. The largest absolute Gasteiger partial charge is 0.497 e. The molecule has 1 aromatic rings. The predicted molar refractivity (Wildman–Crippen MR) is 89.4 cm³/mol. The Hall–Kier alpha value is -2.16. The van der Waals surface area contributed by atoms with Gasteiger partial charge in [0.05, 0.1) is 13.2 Å². The molecule has 0 amide bonds. The zero-order valence-corrected chi connectivity index (χ0v) is 14.5. The average molecular weight is 358 g/mol. The minimum atomic E-state index is -2.27. The van der Waals surface area contributed by atoms with Crippen LogP contribution < -0.4 is 4.74 Å². The molecule has 0 radical (unpaired) electrons. The standard InChI is InChI=1S/C13H20O2.C4H6O6/c1-4-13(14)10(2)8-11-6-5-7-12(9-11)15-3;5-1(3(7)8)2(6)4(9)10/h5-7,9-10,13-14H,4,8H2,1-3H3;1-2,5-6H,(H,7,8)(H,9,10). The highest BCUT2D eigenvalue weighted by Gasteiger charge is 2.29. The van der Waals surface area contributed by atoms with E-state index in [1.165, 1.54) is 5.56 Å². The summed E-state index contributed by atoms with van der Waals surface area (Å²) in [7, 11) is 1.67. The number of benzene rings is 1. The summed E-state index contributed by atoms with van der Waals surface area (Å²) in [5.41, 5.74) is 1.22. The molecule has 0 saturated carbocycles. The lowest BCUT2D eigenvalue weighted by Crippen LogP contribution is -2.39. The van der Waals surface area contributed by atoms with Crippen molar-refractivity contribution >= 4 is 11.9 Å². The Morgan fingerprint density at radius 3 is 2.00 bits per heavy atom. The van der Waals surface area contributed by atoms with Crippen LogP contribution in [0.15, 0.2) is 24.3 Å². The fourth-order valence-corrected chi connectivity index (χ4v) is 1.98.